The molecule has 0 aliphatic heterocycles. The molecule has 0 bridgehead atoms. The molecule has 5 nitrogen and oxygen atoms in total. The first-order valence-corrected chi connectivity index (χ1v) is 9.32. The number of ether oxygens (including phenoxy) is 2. The van der Waals surface area contributed by atoms with Crippen molar-refractivity contribution >= 4 is 38.8 Å². The molecule has 0 aliphatic carbocycles. The second-order valence-electron chi connectivity index (χ2n) is 4.20. The smallest absolute Gasteiger partial charge is 0.421 e. The molecule has 0 heterocycles. The standard InChI is InChI=1S/C9H12F5IO3.CH2F2.CH3FO2S/c1-6(16)17-4-7(15)2-3-8(11,12)9(13,14)18-5-10;2-1-3;1-5(2,3)4/h7H,2-5H2,1H3;1H2;1H3. The van der Waals surface area contributed by atoms with Gasteiger partial charge in [-0.3, -0.25) is 9.53 Å². The molecule has 0 aliphatic rings. The summed E-state index contributed by atoms with van der Waals surface area (Å²) in [6.45, 7) is -2.76. The lowest BCUT2D eigenvalue weighted by atomic mass is 10.1. The Kier molecular flexibility index (Phi) is 17.0. The van der Waals surface area contributed by atoms with Crippen molar-refractivity contribution in [1.29, 1.82) is 0 Å². The maximum absolute atomic E-state index is 13.0. The summed E-state index contributed by atoms with van der Waals surface area (Å²) in [5.74, 6) is -5.06. The number of hydrogen-bond acceptors (Lipinski definition) is 5. The van der Waals surface area contributed by atoms with Crippen LogP contribution in [0.25, 0.3) is 0 Å². The number of carbonyl (C=O) groups excluding carboxylic acids is 1. The molecule has 0 N–H and O–H groups in total. The van der Waals surface area contributed by atoms with Crippen molar-refractivity contribution in [3.63, 3.8) is 0 Å². The zero-order chi connectivity index (χ0) is 21.6. The Balaban J connectivity index is -0.000000553. The van der Waals surface area contributed by atoms with Crippen molar-refractivity contribution in [2.45, 2.75) is 35.7 Å². The van der Waals surface area contributed by atoms with Crippen molar-refractivity contribution in [2.24, 2.45) is 0 Å². The summed E-state index contributed by atoms with van der Waals surface area (Å²) >= 11 is 1.69. The Hall–Kier alpha value is -0.450. The summed E-state index contributed by atoms with van der Waals surface area (Å²) in [5, 5.41) is 0. The molecule has 0 spiro atoms. The van der Waals surface area contributed by atoms with Gasteiger partial charge < -0.3 is 4.74 Å². The molecule has 0 saturated heterocycles. The van der Waals surface area contributed by atoms with E-state index in [9.17, 15) is 39.4 Å². The molecular weight excluding hydrogens is 523 g/mol. The molecule has 0 radical (unpaired) electrons. The van der Waals surface area contributed by atoms with Gasteiger partial charge >= 0.3 is 18.0 Å². The minimum atomic E-state index is -4.85. The molecule has 160 valence electrons. The summed E-state index contributed by atoms with van der Waals surface area (Å²) in [6, 6.07) is 0. The topological polar surface area (TPSA) is 69.7 Å². The number of esters is 1. The third-order valence-electron chi connectivity index (χ3n) is 1.90. The number of hydrogen-bond donors (Lipinski definition) is 0. The molecule has 0 aromatic carbocycles. The Bertz CT molecular complexity index is 469. The van der Waals surface area contributed by atoms with Gasteiger partial charge in [-0.1, -0.05) is 22.6 Å². The number of rotatable bonds is 8. The first kappa shape index (κ1) is 30.3. The van der Waals surface area contributed by atoms with Gasteiger partial charge in [-0.05, 0) is 6.42 Å². The highest BCUT2D eigenvalue weighted by Crippen LogP contribution is 2.39. The van der Waals surface area contributed by atoms with Crippen LogP contribution >= 0.6 is 22.6 Å². The molecular formula is C11H17F8IO5S. The molecule has 0 rings (SSSR count). The molecule has 0 aromatic rings. The van der Waals surface area contributed by atoms with Crippen molar-refractivity contribution in [2.75, 3.05) is 26.7 Å². The van der Waals surface area contributed by atoms with Crippen molar-refractivity contribution in [1.82, 2.24) is 0 Å². The fraction of sp³-hybridized carbons (Fsp3) is 0.909. The minimum absolute atomic E-state index is 0.151. The van der Waals surface area contributed by atoms with Crippen LogP contribution in [0.4, 0.5) is 34.6 Å². The van der Waals surface area contributed by atoms with Gasteiger partial charge in [0.15, 0.2) is 6.86 Å². The fourth-order valence-electron chi connectivity index (χ4n) is 0.949. The summed E-state index contributed by atoms with van der Waals surface area (Å²) in [7, 11) is -4.17. The molecule has 1 atom stereocenters. The Morgan fingerprint density at radius 3 is 1.85 bits per heavy atom. The first-order valence-electron chi connectivity index (χ1n) is 6.28. The van der Waals surface area contributed by atoms with E-state index >= 15 is 0 Å². The fourth-order valence-corrected chi connectivity index (χ4v) is 1.44. The minimum Gasteiger partial charge on any atom is -0.465 e. The zero-order valence-electron chi connectivity index (χ0n) is 13.5. The van der Waals surface area contributed by atoms with Gasteiger partial charge in [0.2, 0.25) is 6.93 Å². The lowest BCUT2D eigenvalue weighted by Gasteiger charge is -2.25. The lowest BCUT2D eigenvalue weighted by molar-refractivity contribution is -0.358. The van der Waals surface area contributed by atoms with Gasteiger partial charge in [0, 0.05) is 17.3 Å². The Morgan fingerprint density at radius 1 is 1.15 bits per heavy atom. The second-order valence-corrected chi connectivity index (χ2v) is 7.32. The molecule has 1 unspecified atom stereocenters. The van der Waals surface area contributed by atoms with Crippen LogP contribution in [0, 0.1) is 0 Å². The molecule has 26 heavy (non-hydrogen) atoms. The van der Waals surface area contributed by atoms with Gasteiger partial charge in [-0.15, -0.1) is 3.89 Å². The van der Waals surface area contributed by atoms with Crippen molar-refractivity contribution in [3.8, 4) is 0 Å². The normalized spacial score (nSPS) is 12.9. The molecule has 0 aromatic heterocycles. The van der Waals surface area contributed by atoms with E-state index in [0.29, 0.717) is 6.26 Å². The molecule has 0 fully saturated rings. The number of alkyl halides is 8. The largest absolute Gasteiger partial charge is 0.465 e. The van der Waals surface area contributed by atoms with Crippen molar-refractivity contribution in [3.05, 3.63) is 0 Å². The highest BCUT2D eigenvalue weighted by Gasteiger charge is 2.57. The van der Waals surface area contributed by atoms with Gasteiger partial charge in [0.25, 0.3) is 10.2 Å². The molecule has 0 saturated carbocycles. The van der Waals surface area contributed by atoms with E-state index in [1.807, 2.05) is 0 Å². The van der Waals surface area contributed by atoms with Crippen LogP contribution in [0.3, 0.4) is 0 Å². The predicted molar refractivity (Wildman–Crippen MR) is 83.7 cm³/mol. The molecule has 0 amide bonds. The molecule has 15 heteroatoms. The number of halogens is 9. The van der Waals surface area contributed by atoms with E-state index in [2.05, 4.69) is 9.47 Å². The van der Waals surface area contributed by atoms with Crippen LogP contribution < -0.4 is 0 Å². The SMILES string of the molecule is CC(=O)OCC(I)CCC(F)(F)C(F)(F)OCF.CS(=O)(=O)F.FCF. The number of carbonyl (C=O) groups is 1. The third kappa shape index (κ3) is 21.6. The second kappa shape index (κ2) is 14.6. The van der Waals surface area contributed by atoms with Crippen LogP contribution in [0.2, 0.25) is 0 Å². The average molecular weight is 540 g/mol. The average Bonchev–Trinajstić information content (AvgIpc) is 2.41. The maximum Gasteiger partial charge on any atom is 0.421 e. The van der Waals surface area contributed by atoms with Gasteiger partial charge in [0.1, 0.15) is 6.61 Å². The van der Waals surface area contributed by atoms with E-state index in [1.165, 1.54) is 0 Å². The summed E-state index contributed by atoms with van der Waals surface area (Å²) in [6.07, 6.45) is -5.88. The van der Waals surface area contributed by atoms with E-state index in [1.54, 1.807) is 22.6 Å². The van der Waals surface area contributed by atoms with Gasteiger partial charge in [0.05, 0.1) is 6.26 Å². The quantitative estimate of drug-likeness (QED) is 0.153. The Labute approximate surface area is 158 Å². The predicted octanol–water partition coefficient (Wildman–Crippen LogP) is 4.10. The van der Waals surface area contributed by atoms with Crippen LogP contribution in [-0.4, -0.2) is 57.0 Å². The maximum atomic E-state index is 13.0. The van der Waals surface area contributed by atoms with Crippen LogP contribution in [0.15, 0.2) is 0 Å². The van der Waals surface area contributed by atoms with E-state index < -0.39 is 52.4 Å². The van der Waals surface area contributed by atoms with Gasteiger partial charge in [-0.25, -0.2) is 13.2 Å². The van der Waals surface area contributed by atoms with Crippen LogP contribution in [-0.2, 0) is 24.5 Å². The highest BCUT2D eigenvalue weighted by atomic mass is 127. The summed E-state index contributed by atoms with van der Waals surface area (Å²) < 4.78 is 118. The third-order valence-corrected chi connectivity index (χ3v) is 2.88. The van der Waals surface area contributed by atoms with Crippen LogP contribution in [0.1, 0.15) is 19.8 Å². The van der Waals surface area contributed by atoms with Gasteiger partial charge in [-0.2, -0.15) is 26.0 Å². The zero-order valence-corrected chi connectivity index (χ0v) is 16.4. The Morgan fingerprint density at radius 2 is 1.54 bits per heavy atom. The van der Waals surface area contributed by atoms with E-state index in [-0.39, 0.29) is 13.0 Å². The van der Waals surface area contributed by atoms with E-state index in [0.717, 1.165) is 6.92 Å². The monoisotopic (exact) mass is 540 g/mol. The highest BCUT2D eigenvalue weighted by molar-refractivity contribution is 14.1. The summed E-state index contributed by atoms with van der Waals surface area (Å²) in [4.78, 5) is 10.4. The van der Waals surface area contributed by atoms with Crippen LogP contribution in [0.5, 0.6) is 0 Å². The van der Waals surface area contributed by atoms with E-state index in [4.69, 9.17) is 8.42 Å². The lowest BCUT2D eigenvalue weighted by Crippen LogP contribution is -2.43. The first-order chi connectivity index (χ1) is 11.5. The van der Waals surface area contributed by atoms with Crippen molar-refractivity contribution < 1.29 is 57.3 Å². The summed E-state index contributed by atoms with van der Waals surface area (Å²) in [5.41, 5.74) is 0.